The Kier molecular flexibility index (Phi) is 6.63. The summed E-state index contributed by atoms with van der Waals surface area (Å²) in [6.45, 7) is 3.86. The molecule has 0 saturated carbocycles. The van der Waals surface area contributed by atoms with Gasteiger partial charge in [0.1, 0.15) is 0 Å². The molecule has 0 aromatic heterocycles. The maximum absolute atomic E-state index is 12.4. The first kappa shape index (κ1) is 20.1. The third-order valence-corrected chi connectivity index (χ3v) is 4.19. The van der Waals surface area contributed by atoms with E-state index in [1.807, 2.05) is 56.3 Å². The molecule has 5 heteroatoms. The summed E-state index contributed by atoms with van der Waals surface area (Å²) >= 11 is 0. The maximum atomic E-state index is 12.4. The largest absolute Gasteiger partial charge is 0.493 e. The van der Waals surface area contributed by atoms with Gasteiger partial charge in [-0.25, -0.2) is 5.43 Å². The molecule has 3 aromatic carbocycles. The van der Waals surface area contributed by atoms with Crippen molar-refractivity contribution >= 4 is 12.1 Å². The molecule has 29 heavy (non-hydrogen) atoms. The molecule has 0 aliphatic rings. The second-order valence-electron chi connectivity index (χ2n) is 6.72. The SMILES string of the molecule is COc1cc(C(=O)N/N=C\c2ccc(-c3ccccc3)cc2)ccc1OC(C)C. The van der Waals surface area contributed by atoms with Gasteiger partial charge in [0, 0.05) is 5.56 Å². The lowest BCUT2D eigenvalue weighted by molar-refractivity contribution is 0.0954. The van der Waals surface area contributed by atoms with Crippen LogP contribution in [0.5, 0.6) is 11.5 Å². The lowest BCUT2D eigenvalue weighted by Crippen LogP contribution is -2.18. The second kappa shape index (κ2) is 9.55. The van der Waals surface area contributed by atoms with E-state index < -0.39 is 0 Å². The van der Waals surface area contributed by atoms with Gasteiger partial charge in [0.05, 0.1) is 19.4 Å². The number of nitrogens with one attached hydrogen (secondary N) is 1. The van der Waals surface area contributed by atoms with Gasteiger partial charge in [-0.1, -0.05) is 54.6 Å². The monoisotopic (exact) mass is 388 g/mol. The Bertz CT molecular complexity index is 981. The van der Waals surface area contributed by atoms with Crippen LogP contribution in [0, 0.1) is 0 Å². The Morgan fingerprint density at radius 2 is 1.62 bits per heavy atom. The number of carbonyl (C=O) groups excluding carboxylic acids is 1. The summed E-state index contributed by atoms with van der Waals surface area (Å²) in [6, 6.07) is 23.1. The second-order valence-corrected chi connectivity index (χ2v) is 6.72. The number of nitrogens with zero attached hydrogens (tertiary/aromatic N) is 1. The fourth-order valence-electron chi connectivity index (χ4n) is 2.78. The summed E-state index contributed by atoms with van der Waals surface area (Å²) in [5.74, 6) is 0.782. The molecule has 0 fully saturated rings. The van der Waals surface area contributed by atoms with Crippen LogP contribution in [0.25, 0.3) is 11.1 Å². The number of carbonyl (C=O) groups is 1. The molecule has 0 atom stereocenters. The van der Waals surface area contributed by atoms with Crippen molar-refractivity contribution in [1.29, 1.82) is 0 Å². The molecule has 148 valence electrons. The number of ether oxygens (including phenoxy) is 2. The number of rotatable bonds is 7. The average Bonchev–Trinajstić information content (AvgIpc) is 2.74. The van der Waals surface area contributed by atoms with E-state index >= 15 is 0 Å². The third kappa shape index (κ3) is 5.45. The van der Waals surface area contributed by atoms with E-state index in [1.165, 1.54) is 0 Å². The van der Waals surface area contributed by atoms with Crippen LogP contribution >= 0.6 is 0 Å². The van der Waals surface area contributed by atoms with Crippen molar-refractivity contribution in [3.63, 3.8) is 0 Å². The van der Waals surface area contributed by atoms with Crippen LogP contribution in [0.2, 0.25) is 0 Å². The first-order valence-corrected chi connectivity index (χ1v) is 9.40. The lowest BCUT2D eigenvalue weighted by Gasteiger charge is -2.14. The highest BCUT2D eigenvalue weighted by Gasteiger charge is 2.11. The van der Waals surface area contributed by atoms with E-state index in [0.29, 0.717) is 17.1 Å². The Balaban J connectivity index is 1.63. The minimum atomic E-state index is -0.323. The Hall–Kier alpha value is -3.60. The predicted octanol–water partition coefficient (Wildman–Crippen LogP) is 4.91. The Labute approximate surface area is 171 Å². The lowest BCUT2D eigenvalue weighted by atomic mass is 10.0. The van der Waals surface area contributed by atoms with E-state index in [2.05, 4.69) is 22.7 Å². The van der Waals surface area contributed by atoms with Crippen LogP contribution in [0.3, 0.4) is 0 Å². The van der Waals surface area contributed by atoms with Crippen molar-refractivity contribution in [1.82, 2.24) is 5.43 Å². The van der Waals surface area contributed by atoms with Gasteiger partial charge in [-0.05, 0) is 48.7 Å². The fraction of sp³-hybridized carbons (Fsp3) is 0.167. The van der Waals surface area contributed by atoms with Gasteiger partial charge in [-0.2, -0.15) is 5.10 Å². The number of methoxy groups -OCH3 is 1. The van der Waals surface area contributed by atoms with Crippen molar-refractivity contribution in [3.8, 4) is 22.6 Å². The van der Waals surface area contributed by atoms with Gasteiger partial charge in [0.2, 0.25) is 0 Å². The van der Waals surface area contributed by atoms with Crippen molar-refractivity contribution in [2.24, 2.45) is 5.10 Å². The summed E-state index contributed by atoms with van der Waals surface area (Å²) in [5, 5.41) is 4.05. The molecule has 1 N–H and O–H groups in total. The summed E-state index contributed by atoms with van der Waals surface area (Å²) in [7, 11) is 1.54. The van der Waals surface area contributed by atoms with E-state index in [9.17, 15) is 4.79 Å². The zero-order chi connectivity index (χ0) is 20.6. The zero-order valence-corrected chi connectivity index (χ0v) is 16.8. The van der Waals surface area contributed by atoms with Crippen molar-refractivity contribution in [2.45, 2.75) is 20.0 Å². The summed E-state index contributed by atoms with van der Waals surface area (Å²) < 4.78 is 11.0. The average molecular weight is 388 g/mol. The van der Waals surface area contributed by atoms with Gasteiger partial charge < -0.3 is 9.47 Å². The molecule has 0 heterocycles. The minimum absolute atomic E-state index is 0.0152. The predicted molar refractivity (Wildman–Crippen MR) is 116 cm³/mol. The molecule has 1 amide bonds. The number of amides is 1. The molecule has 0 saturated heterocycles. The summed E-state index contributed by atoms with van der Waals surface area (Å²) in [4.78, 5) is 12.4. The molecule has 0 bridgehead atoms. The highest BCUT2D eigenvalue weighted by Crippen LogP contribution is 2.29. The highest BCUT2D eigenvalue weighted by molar-refractivity contribution is 5.95. The normalized spacial score (nSPS) is 10.9. The van der Waals surface area contributed by atoms with Crippen LogP contribution in [0.15, 0.2) is 77.9 Å². The quantitative estimate of drug-likeness (QED) is 0.462. The van der Waals surface area contributed by atoms with Gasteiger partial charge in [-0.3, -0.25) is 4.79 Å². The van der Waals surface area contributed by atoms with Crippen LogP contribution in [-0.2, 0) is 0 Å². The van der Waals surface area contributed by atoms with Crippen molar-refractivity contribution in [3.05, 3.63) is 83.9 Å². The summed E-state index contributed by atoms with van der Waals surface area (Å²) in [6.07, 6.45) is 1.63. The molecule has 0 radical (unpaired) electrons. The minimum Gasteiger partial charge on any atom is -0.493 e. The van der Waals surface area contributed by atoms with Crippen LogP contribution in [-0.4, -0.2) is 25.3 Å². The van der Waals surface area contributed by atoms with Gasteiger partial charge in [-0.15, -0.1) is 0 Å². The molecule has 3 aromatic rings. The van der Waals surface area contributed by atoms with E-state index in [1.54, 1.807) is 31.5 Å². The molecule has 0 unspecified atom stereocenters. The standard InChI is InChI=1S/C24H24N2O3/c1-17(2)29-22-14-13-21(15-23(22)28-3)24(27)26-25-16-18-9-11-20(12-10-18)19-7-5-4-6-8-19/h4-17H,1-3H3,(H,26,27)/b25-16-. The molecular formula is C24H24N2O3. The molecule has 5 nitrogen and oxygen atoms in total. The number of hydrazone groups is 1. The first-order chi connectivity index (χ1) is 14.1. The maximum Gasteiger partial charge on any atom is 0.271 e. The number of hydrogen-bond acceptors (Lipinski definition) is 4. The fourth-order valence-corrected chi connectivity index (χ4v) is 2.78. The topological polar surface area (TPSA) is 59.9 Å². The van der Waals surface area contributed by atoms with Crippen LogP contribution in [0.1, 0.15) is 29.8 Å². The van der Waals surface area contributed by atoms with Crippen LogP contribution < -0.4 is 14.9 Å². The first-order valence-electron chi connectivity index (χ1n) is 9.40. The molecule has 3 rings (SSSR count). The van der Waals surface area contributed by atoms with Crippen molar-refractivity contribution < 1.29 is 14.3 Å². The van der Waals surface area contributed by atoms with Gasteiger partial charge in [0.25, 0.3) is 5.91 Å². The Morgan fingerprint density at radius 3 is 2.28 bits per heavy atom. The molecular weight excluding hydrogens is 364 g/mol. The van der Waals surface area contributed by atoms with Gasteiger partial charge in [0.15, 0.2) is 11.5 Å². The van der Waals surface area contributed by atoms with E-state index in [4.69, 9.17) is 9.47 Å². The molecule has 0 aliphatic heterocycles. The van der Waals surface area contributed by atoms with Gasteiger partial charge >= 0.3 is 0 Å². The zero-order valence-electron chi connectivity index (χ0n) is 16.8. The number of hydrogen-bond donors (Lipinski definition) is 1. The van der Waals surface area contributed by atoms with E-state index in [-0.39, 0.29) is 12.0 Å². The molecule has 0 spiro atoms. The highest BCUT2D eigenvalue weighted by atomic mass is 16.5. The molecule has 0 aliphatic carbocycles. The Morgan fingerprint density at radius 1 is 0.931 bits per heavy atom. The summed E-state index contributed by atoms with van der Waals surface area (Å²) in [5.41, 5.74) is 6.15. The van der Waals surface area contributed by atoms with E-state index in [0.717, 1.165) is 16.7 Å². The third-order valence-electron chi connectivity index (χ3n) is 4.19. The van der Waals surface area contributed by atoms with Crippen molar-refractivity contribution in [2.75, 3.05) is 7.11 Å². The smallest absolute Gasteiger partial charge is 0.271 e. The van der Waals surface area contributed by atoms with Crippen LogP contribution in [0.4, 0.5) is 0 Å². The number of benzene rings is 3.